The Balaban J connectivity index is 1.44. The summed E-state index contributed by atoms with van der Waals surface area (Å²) in [6.45, 7) is 6.09. The van der Waals surface area contributed by atoms with Crippen LogP contribution >= 0.6 is 0 Å². The third kappa shape index (κ3) is 4.73. The van der Waals surface area contributed by atoms with Gasteiger partial charge in [-0.3, -0.25) is 14.9 Å². The molecule has 2 aliphatic heterocycles. The zero-order valence-electron chi connectivity index (χ0n) is 17.7. The topological polar surface area (TPSA) is 67.3 Å². The van der Waals surface area contributed by atoms with Crippen LogP contribution in [0.1, 0.15) is 30.1 Å². The number of hydrogen-bond acceptors (Lipinski definition) is 7. The molecule has 2 fully saturated rings. The predicted octanol–water partition coefficient (Wildman–Crippen LogP) is 3.15. The van der Waals surface area contributed by atoms with Crippen LogP contribution in [0.15, 0.2) is 55.1 Å². The minimum Gasteiger partial charge on any atom is -0.378 e. The highest BCUT2D eigenvalue weighted by atomic mass is 16.5. The molecule has 31 heavy (non-hydrogen) atoms. The molecular formula is C24H28N6O. The molecule has 0 amide bonds. The first kappa shape index (κ1) is 20.0. The van der Waals surface area contributed by atoms with Crippen molar-refractivity contribution in [3.05, 3.63) is 66.5 Å². The maximum atomic E-state index is 5.51. The molecule has 0 spiro atoms. The fraction of sp³-hybridized carbons (Fsp3) is 0.417. The van der Waals surface area contributed by atoms with Gasteiger partial charge in [0.25, 0.3) is 0 Å². The monoisotopic (exact) mass is 416 g/mol. The number of rotatable bonds is 5. The standard InChI is InChI=1S/C24H28N6O/c1-2-8-26-21(5-1)18-29-11-3-4-20(17-29)23-22(19-6-9-25-10-7-19)16-27-24(28-23)30-12-14-31-15-13-30/h1-2,5-10,16,20H,3-4,11-15,17-18H2. The number of likely N-dealkylation sites (tertiary alicyclic amines) is 1. The summed E-state index contributed by atoms with van der Waals surface area (Å²) in [5.41, 5.74) is 4.51. The smallest absolute Gasteiger partial charge is 0.225 e. The molecule has 2 aliphatic rings. The molecule has 0 aliphatic carbocycles. The van der Waals surface area contributed by atoms with Crippen molar-refractivity contribution in [1.29, 1.82) is 0 Å². The molecule has 0 bridgehead atoms. The summed E-state index contributed by atoms with van der Waals surface area (Å²) in [6, 6.07) is 10.2. The van der Waals surface area contributed by atoms with Gasteiger partial charge in [0, 0.05) is 62.4 Å². The van der Waals surface area contributed by atoms with Crippen LogP contribution < -0.4 is 4.90 Å². The second kappa shape index (κ2) is 9.49. The number of pyridine rings is 2. The van der Waals surface area contributed by atoms with Crippen LogP contribution in [0.25, 0.3) is 11.1 Å². The number of nitrogens with zero attached hydrogens (tertiary/aromatic N) is 6. The zero-order chi connectivity index (χ0) is 20.9. The molecule has 7 nitrogen and oxygen atoms in total. The van der Waals surface area contributed by atoms with E-state index in [1.54, 1.807) is 0 Å². The van der Waals surface area contributed by atoms with Crippen molar-refractivity contribution in [2.45, 2.75) is 25.3 Å². The lowest BCUT2D eigenvalue weighted by atomic mass is 9.90. The lowest BCUT2D eigenvalue weighted by Gasteiger charge is -2.34. The molecule has 0 aromatic carbocycles. The second-order valence-electron chi connectivity index (χ2n) is 8.20. The number of morpholine rings is 1. The van der Waals surface area contributed by atoms with Gasteiger partial charge in [-0.15, -0.1) is 0 Å². The predicted molar refractivity (Wildman–Crippen MR) is 120 cm³/mol. The van der Waals surface area contributed by atoms with Gasteiger partial charge in [-0.2, -0.15) is 0 Å². The summed E-state index contributed by atoms with van der Waals surface area (Å²) in [5, 5.41) is 0. The average Bonchev–Trinajstić information content (AvgIpc) is 2.86. The zero-order valence-corrected chi connectivity index (χ0v) is 17.7. The van der Waals surface area contributed by atoms with Crippen molar-refractivity contribution in [2.24, 2.45) is 0 Å². The third-order valence-corrected chi connectivity index (χ3v) is 6.09. The molecule has 0 saturated carbocycles. The molecule has 0 radical (unpaired) electrons. The number of piperidine rings is 1. The third-order valence-electron chi connectivity index (χ3n) is 6.09. The van der Waals surface area contributed by atoms with E-state index in [0.717, 1.165) is 87.2 Å². The van der Waals surface area contributed by atoms with Gasteiger partial charge in [0.05, 0.1) is 24.6 Å². The Labute approximate surface area is 183 Å². The fourth-order valence-electron chi connectivity index (χ4n) is 4.51. The van der Waals surface area contributed by atoms with Crippen molar-refractivity contribution < 1.29 is 4.74 Å². The number of aromatic nitrogens is 4. The highest BCUT2D eigenvalue weighted by Gasteiger charge is 2.27. The molecule has 1 atom stereocenters. The van der Waals surface area contributed by atoms with E-state index in [1.807, 2.05) is 43.0 Å². The molecule has 2 saturated heterocycles. The van der Waals surface area contributed by atoms with E-state index in [4.69, 9.17) is 14.7 Å². The van der Waals surface area contributed by atoms with E-state index in [9.17, 15) is 0 Å². The number of anilines is 1. The SMILES string of the molecule is c1ccc(CN2CCCC(c3nc(N4CCOCC4)ncc3-c3ccncc3)C2)nc1. The second-order valence-corrected chi connectivity index (χ2v) is 8.20. The molecule has 0 N–H and O–H groups in total. The van der Waals surface area contributed by atoms with Crippen LogP contribution in [0.3, 0.4) is 0 Å². The number of ether oxygens (including phenoxy) is 1. The summed E-state index contributed by atoms with van der Waals surface area (Å²) in [7, 11) is 0. The highest BCUT2D eigenvalue weighted by molar-refractivity contribution is 5.66. The summed E-state index contributed by atoms with van der Waals surface area (Å²) in [5.74, 6) is 1.18. The molecule has 3 aromatic heterocycles. The van der Waals surface area contributed by atoms with E-state index in [1.165, 1.54) is 0 Å². The Hall–Kier alpha value is -2.90. The molecule has 5 heterocycles. The first-order valence-corrected chi connectivity index (χ1v) is 11.1. The van der Waals surface area contributed by atoms with Crippen LogP contribution in [0, 0.1) is 0 Å². The molecule has 3 aromatic rings. The van der Waals surface area contributed by atoms with Crippen molar-refractivity contribution in [3.63, 3.8) is 0 Å². The van der Waals surface area contributed by atoms with E-state index in [-0.39, 0.29) is 0 Å². The van der Waals surface area contributed by atoms with E-state index in [2.05, 4.69) is 31.9 Å². The maximum Gasteiger partial charge on any atom is 0.225 e. The van der Waals surface area contributed by atoms with E-state index >= 15 is 0 Å². The quantitative estimate of drug-likeness (QED) is 0.633. The van der Waals surface area contributed by atoms with Crippen molar-refractivity contribution in [1.82, 2.24) is 24.8 Å². The van der Waals surface area contributed by atoms with Crippen LogP contribution in [-0.4, -0.2) is 64.2 Å². The van der Waals surface area contributed by atoms with Crippen LogP contribution in [0.5, 0.6) is 0 Å². The summed E-state index contributed by atoms with van der Waals surface area (Å²) in [4.78, 5) is 23.3. The molecule has 160 valence electrons. The molecular weight excluding hydrogens is 388 g/mol. The van der Waals surface area contributed by atoms with E-state index in [0.29, 0.717) is 5.92 Å². The van der Waals surface area contributed by atoms with Crippen LogP contribution in [0.4, 0.5) is 5.95 Å². The largest absolute Gasteiger partial charge is 0.378 e. The Morgan fingerprint density at radius 3 is 2.65 bits per heavy atom. The number of hydrogen-bond donors (Lipinski definition) is 0. The first-order valence-electron chi connectivity index (χ1n) is 11.1. The van der Waals surface area contributed by atoms with Crippen LogP contribution in [0.2, 0.25) is 0 Å². The molecule has 7 heteroatoms. The Morgan fingerprint density at radius 1 is 0.968 bits per heavy atom. The van der Waals surface area contributed by atoms with E-state index < -0.39 is 0 Å². The van der Waals surface area contributed by atoms with Gasteiger partial charge >= 0.3 is 0 Å². The Kier molecular flexibility index (Phi) is 6.13. The van der Waals surface area contributed by atoms with Crippen molar-refractivity contribution in [3.8, 4) is 11.1 Å². The van der Waals surface area contributed by atoms with Gasteiger partial charge in [-0.25, -0.2) is 9.97 Å². The average molecular weight is 417 g/mol. The lowest BCUT2D eigenvalue weighted by molar-refractivity contribution is 0.122. The van der Waals surface area contributed by atoms with Gasteiger partial charge in [-0.05, 0) is 49.2 Å². The normalized spacial score (nSPS) is 20.0. The van der Waals surface area contributed by atoms with Crippen molar-refractivity contribution >= 4 is 5.95 Å². The van der Waals surface area contributed by atoms with Gasteiger partial charge < -0.3 is 9.64 Å². The van der Waals surface area contributed by atoms with Gasteiger partial charge in [-0.1, -0.05) is 6.07 Å². The van der Waals surface area contributed by atoms with Gasteiger partial charge in [0.15, 0.2) is 0 Å². The minimum absolute atomic E-state index is 0.364. The summed E-state index contributed by atoms with van der Waals surface area (Å²) < 4.78 is 5.51. The lowest BCUT2D eigenvalue weighted by Crippen LogP contribution is -2.38. The Bertz CT molecular complexity index is 978. The molecule has 1 unspecified atom stereocenters. The van der Waals surface area contributed by atoms with Crippen LogP contribution in [-0.2, 0) is 11.3 Å². The van der Waals surface area contributed by atoms with Crippen molar-refractivity contribution in [2.75, 3.05) is 44.3 Å². The van der Waals surface area contributed by atoms with Gasteiger partial charge in [0.1, 0.15) is 0 Å². The summed E-state index contributed by atoms with van der Waals surface area (Å²) in [6.07, 6.45) is 9.84. The summed E-state index contributed by atoms with van der Waals surface area (Å²) >= 11 is 0. The minimum atomic E-state index is 0.364. The Morgan fingerprint density at radius 2 is 1.84 bits per heavy atom. The molecule has 5 rings (SSSR count). The van der Waals surface area contributed by atoms with Gasteiger partial charge in [0.2, 0.25) is 5.95 Å². The highest BCUT2D eigenvalue weighted by Crippen LogP contribution is 2.34. The maximum absolute atomic E-state index is 5.51. The first-order chi connectivity index (χ1) is 15.4. The fourth-order valence-corrected chi connectivity index (χ4v) is 4.51.